The molecule has 0 spiro atoms. The van der Waals surface area contributed by atoms with E-state index in [-0.39, 0.29) is 23.2 Å². The summed E-state index contributed by atoms with van der Waals surface area (Å²) in [5.74, 6) is -0.383. The Balaban J connectivity index is 0.00000312. The number of aryl methyl sites for hydroxylation is 1. The van der Waals surface area contributed by atoms with Crippen molar-refractivity contribution in [1.82, 2.24) is 9.29 Å². The standard InChI is InChI=1S/C15H20N4O3S2.ClH/c1-10-4-5-11(8-13(10)24(21,22)19(2)3)17-15(20)12-9-23-14(18-12)6-7-16;/h4-5,8-9H,6-7,16H2,1-3H3,(H,17,20);1H. The Morgan fingerprint density at radius 2 is 2.04 bits per heavy atom. The van der Waals surface area contributed by atoms with Crippen LogP contribution in [0.2, 0.25) is 0 Å². The Morgan fingerprint density at radius 1 is 1.36 bits per heavy atom. The number of nitrogens with zero attached hydrogens (tertiary/aromatic N) is 2. The average Bonchev–Trinajstić information content (AvgIpc) is 2.98. The molecule has 1 amide bonds. The Bertz CT molecular complexity index is 850. The molecule has 2 rings (SSSR count). The van der Waals surface area contributed by atoms with E-state index in [0.29, 0.717) is 29.9 Å². The molecule has 0 atom stereocenters. The van der Waals surface area contributed by atoms with Crippen LogP contribution in [-0.2, 0) is 16.4 Å². The minimum atomic E-state index is -3.58. The van der Waals surface area contributed by atoms with Crippen LogP contribution in [0.4, 0.5) is 5.69 Å². The van der Waals surface area contributed by atoms with E-state index < -0.39 is 10.0 Å². The van der Waals surface area contributed by atoms with Crippen LogP contribution in [0.25, 0.3) is 0 Å². The van der Waals surface area contributed by atoms with E-state index in [2.05, 4.69) is 10.3 Å². The molecule has 3 N–H and O–H groups in total. The number of anilines is 1. The van der Waals surface area contributed by atoms with E-state index in [9.17, 15) is 13.2 Å². The lowest BCUT2D eigenvalue weighted by atomic mass is 10.2. The lowest BCUT2D eigenvalue weighted by molar-refractivity contribution is 0.102. The molecule has 10 heteroatoms. The third-order valence-corrected chi connectivity index (χ3v) is 6.21. The molecule has 0 saturated carbocycles. The van der Waals surface area contributed by atoms with Gasteiger partial charge in [-0.1, -0.05) is 6.07 Å². The Morgan fingerprint density at radius 3 is 2.64 bits per heavy atom. The van der Waals surface area contributed by atoms with Crippen molar-refractivity contribution in [3.05, 3.63) is 39.8 Å². The maximum absolute atomic E-state index is 12.3. The SMILES string of the molecule is Cc1ccc(NC(=O)c2csc(CCN)n2)cc1S(=O)(=O)N(C)C.Cl. The normalized spacial score (nSPS) is 11.2. The minimum Gasteiger partial charge on any atom is -0.330 e. The zero-order valence-electron chi connectivity index (χ0n) is 14.1. The zero-order chi connectivity index (χ0) is 17.9. The lowest BCUT2D eigenvalue weighted by Gasteiger charge is -2.15. The fraction of sp³-hybridized carbons (Fsp3) is 0.333. The molecule has 0 radical (unpaired) electrons. The molecule has 1 aromatic carbocycles. The molecular formula is C15H21ClN4O3S2. The minimum absolute atomic E-state index is 0. The zero-order valence-corrected chi connectivity index (χ0v) is 16.6. The summed E-state index contributed by atoms with van der Waals surface area (Å²) >= 11 is 1.37. The number of sulfonamides is 1. The fourth-order valence-corrected chi connectivity index (χ4v) is 3.94. The molecule has 1 aromatic heterocycles. The summed E-state index contributed by atoms with van der Waals surface area (Å²) in [7, 11) is -0.646. The van der Waals surface area contributed by atoms with Gasteiger partial charge in [0.25, 0.3) is 5.91 Å². The summed E-state index contributed by atoms with van der Waals surface area (Å²) in [5, 5.41) is 5.14. The van der Waals surface area contributed by atoms with Gasteiger partial charge in [-0.25, -0.2) is 17.7 Å². The lowest BCUT2D eigenvalue weighted by Crippen LogP contribution is -2.23. The summed E-state index contributed by atoms with van der Waals surface area (Å²) < 4.78 is 25.8. The first-order valence-electron chi connectivity index (χ1n) is 7.24. The van der Waals surface area contributed by atoms with Gasteiger partial charge < -0.3 is 11.1 Å². The van der Waals surface area contributed by atoms with Crippen LogP contribution in [-0.4, -0.2) is 44.3 Å². The van der Waals surface area contributed by atoms with Gasteiger partial charge in [-0.2, -0.15) is 0 Å². The Labute approximate surface area is 157 Å². The van der Waals surface area contributed by atoms with E-state index >= 15 is 0 Å². The molecule has 0 aliphatic carbocycles. The summed E-state index contributed by atoms with van der Waals surface area (Å²) in [6.45, 7) is 2.18. The summed E-state index contributed by atoms with van der Waals surface area (Å²) in [6, 6.07) is 4.78. The predicted octanol–water partition coefficient (Wildman–Crippen LogP) is 1.88. The van der Waals surface area contributed by atoms with E-state index in [4.69, 9.17) is 5.73 Å². The molecule has 0 fully saturated rings. The quantitative estimate of drug-likeness (QED) is 0.764. The van der Waals surface area contributed by atoms with Crippen LogP contribution in [0.3, 0.4) is 0 Å². The van der Waals surface area contributed by atoms with Gasteiger partial charge in [-0.15, -0.1) is 23.7 Å². The topological polar surface area (TPSA) is 105 Å². The van der Waals surface area contributed by atoms with Crippen LogP contribution in [0.15, 0.2) is 28.5 Å². The number of benzene rings is 1. The van der Waals surface area contributed by atoms with Crippen molar-refractivity contribution in [2.24, 2.45) is 5.73 Å². The number of nitrogens with two attached hydrogens (primary N) is 1. The average molecular weight is 405 g/mol. The van der Waals surface area contributed by atoms with Crippen LogP contribution in [0, 0.1) is 6.92 Å². The second-order valence-corrected chi connectivity index (χ2v) is 8.45. The van der Waals surface area contributed by atoms with Crippen molar-refractivity contribution in [2.45, 2.75) is 18.2 Å². The number of halogens is 1. The van der Waals surface area contributed by atoms with Gasteiger partial charge in [-0.05, 0) is 31.2 Å². The first-order chi connectivity index (χ1) is 11.3. The Kier molecular flexibility index (Phi) is 7.51. The number of rotatable bonds is 6. The van der Waals surface area contributed by atoms with Crippen molar-refractivity contribution in [2.75, 3.05) is 26.0 Å². The molecule has 0 aliphatic rings. The number of hydrogen-bond acceptors (Lipinski definition) is 6. The highest BCUT2D eigenvalue weighted by molar-refractivity contribution is 7.89. The van der Waals surface area contributed by atoms with Crippen LogP contribution >= 0.6 is 23.7 Å². The molecule has 1 heterocycles. The van der Waals surface area contributed by atoms with E-state index in [1.54, 1.807) is 24.4 Å². The number of aromatic nitrogens is 1. The van der Waals surface area contributed by atoms with Crippen LogP contribution < -0.4 is 11.1 Å². The molecule has 0 unspecified atom stereocenters. The van der Waals surface area contributed by atoms with Crippen molar-refractivity contribution >= 4 is 45.4 Å². The number of amides is 1. The van der Waals surface area contributed by atoms with Crippen molar-refractivity contribution < 1.29 is 13.2 Å². The van der Waals surface area contributed by atoms with E-state index in [1.165, 1.54) is 31.5 Å². The second-order valence-electron chi connectivity index (χ2n) is 5.39. The van der Waals surface area contributed by atoms with Crippen LogP contribution in [0.5, 0.6) is 0 Å². The molecule has 0 bridgehead atoms. The molecule has 0 saturated heterocycles. The number of hydrogen-bond donors (Lipinski definition) is 2. The molecule has 25 heavy (non-hydrogen) atoms. The summed E-state index contributed by atoms with van der Waals surface area (Å²) in [4.78, 5) is 16.6. The largest absolute Gasteiger partial charge is 0.330 e. The monoisotopic (exact) mass is 404 g/mol. The van der Waals surface area contributed by atoms with Gasteiger partial charge >= 0.3 is 0 Å². The number of carbonyl (C=O) groups is 1. The van der Waals surface area contributed by atoms with E-state index in [0.717, 1.165) is 9.31 Å². The maximum atomic E-state index is 12.3. The van der Waals surface area contributed by atoms with Gasteiger partial charge in [0.2, 0.25) is 10.0 Å². The van der Waals surface area contributed by atoms with Crippen molar-refractivity contribution in [1.29, 1.82) is 0 Å². The second kappa shape index (κ2) is 8.72. The molecule has 7 nitrogen and oxygen atoms in total. The highest BCUT2D eigenvalue weighted by Gasteiger charge is 2.20. The summed E-state index contributed by atoms with van der Waals surface area (Å²) in [5.41, 5.74) is 6.78. The van der Waals surface area contributed by atoms with Gasteiger partial charge in [-0.3, -0.25) is 4.79 Å². The van der Waals surface area contributed by atoms with E-state index in [1.807, 2.05) is 0 Å². The van der Waals surface area contributed by atoms with Crippen molar-refractivity contribution in [3.63, 3.8) is 0 Å². The number of nitrogens with one attached hydrogen (secondary N) is 1. The fourth-order valence-electron chi connectivity index (χ4n) is 2.00. The number of thiazole rings is 1. The molecular weight excluding hydrogens is 384 g/mol. The maximum Gasteiger partial charge on any atom is 0.275 e. The first-order valence-corrected chi connectivity index (χ1v) is 9.56. The first kappa shape index (κ1) is 21.5. The Hall–Kier alpha value is -1.52. The van der Waals surface area contributed by atoms with Gasteiger partial charge in [0, 0.05) is 31.6 Å². The predicted molar refractivity (Wildman–Crippen MR) is 102 cm³/mol. The highest BCUT2D eigenvalue weighted by atomic mass is 35.5. The molecule has 2 aromatic rings. The highest BCUT2D eigenvalue weighted by Crippen LogP contribution is 2.23. The third kappa shape index (κ3) is 4.99. The van der Waals surface area contributed by atoms with Gasteiger partial charge in [0.15, 0.2) is 0 Å². The van der Waals surface area contributed by atoms with Crippen LogP contribution in [0.1, 0.15) is 21.1 Å². The third-order valence-electron chi connectivity index (χ3n) is 3.35. The van der Waals surface area contributed by atoms with Gasteiger partial charge in [0.1, 0.15) is 5.69 Å². The number of carbonyl (C=O) groups excluding carboxylic acids is 1. The van der Waals surface area contributed by atoms with Crippen molar-refractivity contribution in [3.8, 4) is 0 Å². The summed E-state index contributed by atoms with van der Waals surface area (Å²) in [6.07, 6.45) is 0.619. The molecule has 138 valence electrons. The molecule has 0 aliphatic heterocycles. The van der Waals surface area contributed by atoms with Gasteiger partial charge in [0.05, 0.1) is 9.90 Å². The smallest absolute Gasteiger partial charge is 0.275 e.